The maximum absolute atomic E-state index is 12.9. The first-order valence-corrected chi connectivity index (χ1v) is 11.1. The van der Waals surface area contributed by atoms with Gasteiger partial charge in [-0.25, -0.2) is 9.59 Å². The molecule has 3 atom stereocenters. The molecule has 11 heteroatoms. The van der Waals surface area contributed by atoms with Gasteiger partial charge in [-0.2, -0.15) is 0 Å². The van der Waals surface area contributed by atoms with E-state index in [-0.39, 0.29) is 12.3 Å². The minimum atomic E-state index is -1.79. The van der Waals surface area contributed by atoms with Crippen LogP contribution in [-0.2, 0) is 23.9 Å². The summed E-state index contributed by atoms with van der Waals surface area (Å²) in [5, 5.41) is 16.2. The second kappa shape index (κ2) is 14.4. The fourth-order valence-electron chi connectivity index (χ4n) is 2.90. The SMILES string of the molecule is CCCC[C@H](NC(=O)OC(C)(C)C)C(=O)NC(CC(C)C)C(=O)NC(CCF)C(=O)C(=O)O. The number of carboxylic acid groups (broad SMARTS) is 1. The topological polar surface area (TPSA) is 151 Å². The van der Waals surface area contributed by atoms with Crippen molar-refractivity contribution in [2.45, 2.75) is 97.4 Å². The number of amides is 3. The Bertz CT molecular complexity index is 692. The molecule has 0 heterocycles. The molecule has 190 valence electrons. The highest BCUT2D eigenvalue weighted by atomic mass is 19.1. The van der Waals surface area contributed by atoms with E-state index < -0.39 is 66.5 Å². The lowest BCUT2D eigenvalue weighted by atomic mass is 10.0. The van der Waals surface area contributed by atoms with Gasteiger partial charge in [0.1, 0.15) is 23.7 Å². The molecule has 0 radical (unpaired) electrons. The molecule has 4 N–H and O–H groups in total. The molecular weight excluding hydrogens is 437 g/mol. The van der Waals surface area contributed by atoms with Crippen molar-refractivity contribution in [3.8, 4) is 0 Å². The Morgan fingerprint density at radius 3 is 1.91 bits per heavy atom. The van der Waals surface area contributed by atoms with Crippen molar-refractivity contribution in [1.29, 1.82) is 0 Å². The van der Waals surface area contributed by atoms with Gasteiger partial charge in [-0.05, 0) is 39.5 Å². The first kappa shape index (κ1) is 30.3. The predicted octanol–water partition coefficient (Wildman–Crippen LogP) is 2.10. The van der Waals surface area contributed by atoms with Crippen molar-refractivity contribution in [3.05, 3.63) is 0 Å². The van der Waals surface area contributed by atoms with Gasteiger partial charge >= 0.3 is 12.1 Å². The zero-order chi connectivity index (χ0) is 25.8. The summed E-state index contributed by atoms with van der Waals surface area (Å²) < 4.78 is 18.0. The van der Waals surface area contributed by atoms with E-state index in [1.165, 1.54) is 0 Å². The lowest BCUT2D eigenvalue weighted by molar-refractivity contribution is -0.150. The number of rotatable bonds is 14. The number of alkyl carbamates (subject to hydrolysis) is 1. The average molecular weight is 476 g/mol. The van der Waals surface area contributed by atoms with Gasteiger partial charge in [0.15, 0.2) is 0 Å². The summed E-state index contributed by atoms with van der Waals surface area (Å²) in [5.41, 5.74) is -0.766. The molecular formula is C22H38FN3O7. The van der Waals surface area contributed by atoms with Crippen LogP contribution in [0.2, 0.25) is 0 Å². The van der Waals surface area contributed by atoms with Crippen molar-refractivity contribution in [2.75, 3.05) is 6.67 Å². The number of carboxylic acids is 1. The largest absolute Gasteiger partial charge is 0.475 e. The van der Waals surface area contributed by atoms with Gasteiger partial charge in [-0.15, -0.1) is 0 Å². The summed E-state index contributed by atoms with van der Waals surface area (Å²) in [5.74, 6) is -4.62. The van der Waals surface area contributed by atoms with Gasteiger partial charge in [0.05, 0.1) is 6.67 Å². The average Bonchev–Trinajstić information content (AvgIpc) is 2.67. The highest BCUT2D eigenvalue weighted by molar-refractivity contribution is 6.35. The van der Waals surface area contributed by atoms with Crippen LogP contribution in [0.5, 0.6) is 0 Å². The number of ether oxygens (including phenoxy) is 1. The van der Waals surface area contributed by atoms with Gasteiger partial charge in [0, 0.05) is 6.42 Å². The third-order valence-corrected chi connectivity index (χ3v) is 4.44. The first-order valence-electron chi connectivity index (χ1n) is 11.1. The van der Waals surface area contributed by atoms with Crippen LogP contribution in [0.25, 0.3) is 0 Å². The predicted molar refractivity (Wildman–Crippen MR) is 119 cm³/mol. The molecule has 0 spiro atoms. The Labute approximate surface area is 194 Å². The molecule has 0 rings (SSSR count). The van der Waals surface area contributed by atoms with E-state index in [4.69, 9.17) is 9.84 Å². The standard InChI is InChI=1S/C22H38FN3O7/c1-7-8-9-15(26-21(32)33-22(4,5)6)18(28)25-16(12-13(2)3)19(29)24-14(10-11-23)17(27)20(30)31/h13-16H,7-12H2,1-6H3,(H,24,29)(H,25,28)(H,26,32)(H,30,31)/t14?,15-,16?/m0/s1. The van der Waals surface area contributed by atoms with Gasteiger partial charge in [0.2, 0.25) is 11.8 Å². The molecule has 0 aromatic carbocycles. The van der Waals surface area contributed by atoms with Crippen LogP contribution in [0, 0.1) is 5.92 Å². The number of alkyl halides is 1. The van der Waals surface area contributed by atoms with Crippen LogP contribution < -0.4 is 16.0 Å². The second-order valence-corrected chi connectivity index (χ2v) is 9.24. The number of halogens is 1. The molecule has 0 fully saturated rings. The highest BCUT2D eigenvalue weighted by Gasteiger charge is 2.32. The van der Waals surface area contributed by atoms with Crippen LogP contribution >= 0.6 is 0 Å². The monoisotopic (exact) mass is 475 g/mol. The number of Topliss-reactive ketones (excluding diaryl/α,β-unsaturated/α-hetero) is 1. The fourth-order valence-corrected chi connectivity index (χ4v) is 2.90. The third-order valence-electron chi connectivity index (χ3n) is 4.44. The Balaban J connectivity index is 5.51. The minimum Gasteiger partial charge on any atom is -0.475 e. The van der Waals surface area contributed by atoms with Gasteiger partial charge in [-0.1, -0.05) is 33.6 Å². The molecule has 0 aromatic rings. The summed E-state index contributed by atoms with van der Waals surface area (Å²) >= 11 is 0. The van der Waals surface area contributed by atoms with Crippen LogP contribution in [0.15, 0.2) is 0 Å². The summed E-state index contributed by atoms with van der Waals surface area (Å²) in [6.07, 6.45) is 0.587. The molecule has 3 amide bonds. The van der Waals surface area contributed by atoms with Crippen molar-refractivity contribution in [1.82, 2.24) is 16.0 Å². The molecule has 2 unspecified atom stereocenters. The van der Waals surface area contributed by atoms with Crippen LogP contribution in [-0.4, -0.2) is 65.2 Å². The van der Waals surface area contributed by atoms with Crippen molar-refractivity contribution < 1.29 is 38.2 Å². The van der Waals surface area contributed by atoms with Crippen molar-refractivity contribution >= 4 is 29.7 Å². The maximum atomic E-state index is 12.9. The van der Waals surface area contributed by atoms with E-state index in [0.717, 1.165) is 6.42 Å². The molecule has 33 heavy (non-hydrogen) atoms. The molecule has 0 bridgehead atoms. The Hall–Kier alpha value is -2.72. The number of aliphatic carboxylic acids is 1. The van der Waals surface area contributed by atoms with Crippen LogP contribution in [0.1, 0.15) is 73.6 Å². The van der Waals surface area contributed by atoms with Crippen molar-refractivity contribution in [2.24, 2.45) is 5.92 Å². The summed E-state index contributed by atoms with van der Waals surface area (Å²) in [6, 6.07) is -3.64. The van der Waals surface area contributed by atoms with Gasteiger partial charge in [0.25, 0.3) is 5.78 Å². The summed E-state index contributed by atoms with van der Waals surface area (Å²) in [6.45, 7) is 9.57. The molecule has 0 aromatic heterocycles. The zero-order valence-corrected chi connectivity index (χ0v) is 20.3. The minimum absolute atomic E-state index is 0.0521. The van der Waals surface area contributed by atoms with Crippen LogP contribution in [0.4, 0.5) is 9.18 Å². The van der Waals surface area contributed by atoms with Crippen LogP contribution in [0.3, 0.4) is 0 Å². The molecule has 10 nitrogen and oxygen atoms in total. The normalized spacial score (nSPS) is 14.1. The molecule has 0 saturated heterocycles. The summed E-state index contributed by atoms with van der Waals surface area (Å²) in [4.78, 5) is 60.6. The number of carbonyl (C=O) groups excluding carboxylic acids is 4. The van der Waals surface area contributed by atoms with E-state index in [1.54, 1.807) is 34.6 Å². The quantitative estimate of drug-likeness (QED) is 0.281. The lowest BCUT2D eigenvalue weighted by Gasteiger charge is -2.26. The van der Waals surface area contributed by atoms with Gasteiger partial charge in [-0.3, -0.25) is 18.8 Å². The fraction of sp³-hybridized carbons (Fsp3) is 0.773. The number of hydrogen-bond donors (Lipinski definition) is 4. The summed E-state index contributed by atoms with van der Waals surface area (Å²) in [7, 11) is 0. The molecule has 0 aliphatic heterocycles. The lowest BCUT2D eigenvalue weighted by Crippen LogP contribution is -2.56. The first-order chi connectivity index (χ1) is 15.2. The molecule has 0 saturated carbocycles. The number of carbonyl (C=O) groups is 5. The van der Waals surface area contributed by atoms with E-state index in [9.17, 15) is 28.4 Å². The number of hydrogen-bond acceptors (Lipinski definition) is 6. The Morgan fingerprint density at radius 2 is 1.45 bits per heavy atom. The maximum Gasteiger partial charge on any atom is 0.408 e. The molecule has 0 aliphatic rings. The number of ketones is 1. The second-order valence-electron chi connectivity index (χ2n) is 9.24. The zero-order valence-electron chi connectivity index (χ0n) is 20.3. The van der Waals surface area contributed by atoms with Crippen molar-refractivity contribution in [3.63, 3.8) is 0 Å². The Morgan fingerprint density at radius 1 is 0.909 bits per heavy atom. The third kappa shape index (κ3) is 12.8. The van der Waals surface area contributed by atoms with E-state index >= 15 is 0 Å². The van der Waals surface area contributed by atoms with Gasteiger partial charge < -0.3 is 25.8 Å². The smallest absolute Gasteiger partial charge is 0.408 e. The number of nitrogens with one attached hydrogen (secondary N) is 3. The molecule has 0 aliphatic carbocycles. The van der Waals surface area contributed by atoms with E-state index in [0.29, 0.717) is 12.8 Å². The number of unbranched alkanes of at least 4 members (excludes halogenated alkanes) is 1. The van der Waals surface area contributed by atoms with E-state index in [1.807, 2.05) is 6.92 Å². The Kier molecular flexibility index (Phi) is 13.2. The van der Waals surface area contributed by atoms with E-state index in [2.05, 4.69) is 16.0 Å². The highest BCUT2D eigenvalue weighted by Crippen LogP contribution is 2.11.